The van der Waals surface area contributed by atoms with Gasteiger partial charge >= 0.3 is 0 Å². The van der Waals surface area contributed by atoms with Crippen LogP contribution < -0.4 is 0 Å². The van der Waals surface area contributed by atoms with E-state index in [1.54, 1.807) is 0 Å². The molecule has 0 aliphatic heterocycles. The first-order valence-electron chi connectivity index (χ1n) is 19.3. The lowest BCUT2D eigenvalue weighted by molar-refractivity contribution is 0.457. The van der Waals surface area contributed by atoms with Crippen molar-refractivity contribution in [2.75, 3.05) is 0 Å². The van der Waals surface area contributed by atoms with Crippen LogP contribution in [0.25, 0.3) is 83.8 Å². The van der Waals surface area contributed by atoms with Crippen LogP contribution in [0.5, 0.6) is 0 Å². The van der Waals surface area contributed by atoms with E-state index in [4.69, 9.17) is 19.6 Å². The fourth-order valence-electron chi connectivity index (χ4n) is 7.59. The number of imidazole rings is 1. The van der Waals surface area contributed by atoms with Crippen LogP contribution >= 0.6 is 0 Å². The van der Waals surface area contributed by atoms with E-state index in [1.165, 1.54) is 11.1 Å². The summed E-state index contributed by atoms with van der Waals surface area (Å²) in [4.78, 5) is 10.3. The molecule has 56 heavy (non-hydrogen) atoms. The Kier molecular flexibility index (Phi) is 8.54. The Morgan fingerprint density at radius 1 is 0.518 bits per heavy atom. The molecule has 274 valence electrons. The molecular formula is C51H44N4O. The van der Waals surface area contributed by atoms with Crippen molar-refractivity contribution < 1.29 is 4.52 Å². The van der Waals surface area contributed by atoms with E-state index < -0.39 is 0 Å². The average Bonchev–Trinajstić information content (AvgIpc) is 3.82. The molecule has 5 nitrogen and oxygen atoms in total. The van der Waals surface area contributed by atoms with Gasteiger partial charge in [0.05, 0.1) is 27.8 Å². The first-order valence-corrected chi connectivity index (χ1v) is 19.3. The third kappa shape index (κ3) is 6.39. The number of para-hydroxylation sites is 1. The molecule has 0 amide bonds. The summed E-state index contributed by atoms with van der Waals surface area (Å²) >= 11 is 0. The van der Waals surface area contributed by atoms with Gasteiger partial charge in [-0.1, -0.05) is 150 Å². The number of nitrogens with zero attached hydrogens (tertiary/aromatic N) is 4. The zero-order chi connectivity index (χ0) is 38.6. The van der Waals surface area contributed by atoms with Crippen LogP contribution in [-0.4, -0.2) is 19.7 Å². The molecule has 0 bridgehead atoms. The second-order valence-electron chi connectivity index (χ2n) is 16.7. The molecule has 0 aliphatic carbocycles. The molecule has 0 spiro atoms. The van der Waals surface area contributed by atoms with Crippen LogP contribution in [0.15, 0.2) is 162 Å². The van der Waals surface area contributed by atoms with Gasteiger partial charge in [-0.05, 0) is 92.7 Å². The largest absolute Gasteiger partial charge is 0.356 e. The zero-order valence-corrected chi connectivity index (χ0v) is 32.7. The number of rotatable bonds is 6. The van der Waals surface area contributed by atoms with Crippen molar-refractivity contribution in [2.24, 2.45) is 0 Å². The minimum absolute atomic E-state index is 0.0322. The van der Waals surface area contributed by atoms with Gasteiger partial charge < -0.3 is 4.52 Å². The summed E-state index contributed by atoms with van der Waals surface area (Å²) in [6.45, 7) is 13.4. The van der Waals surface area contributed by atoms with E-state index >= 15 is 0 Å². The predicted octanol–water partition coefficient (Wildman–Crippen LogP) is 13.5. The van der Waals surface area contributed by atoms with Crippen molar-refractivity contribution in [1.82, 2.24) is 19.7 Å². The minimum Gasteiger partial charge on any atom is -0.356 e. The Bertz CT molecular complexity index is 2870. The Labute approximate surface area is 328 Å². The van der Waals surface area contributed by atoms with Gasteiger partial charge in [0.15, 0.2) is 17.1 Å². The topological polar surface area (TPSA) is 56.7 Å². The first kappa shape index (κ1) is 35.1. The van der Waals surface area contributed by atoms with Crippen LogP contribution in [0.4, 0.5) is 0 Å². The lowest BCUT2D eigenvalue weighted by Gasteiger charge is -2.22. The first-order chi connectivity index (χ1) is 27.0. The van der Waals surface area contributed by atoms with Gasteiger partial charge in [-0.2, -0.15) is 0 Å². The third-order valence-corrected chi connectivity index (χ3v) is 10.8. The summed E-state index contributed by atoms with van der Waals surface area (Å²) in [5, 5.41) is 5.68. The Balaban J connectivity index is 1.28. The maximum absolute atomic E-state index is 6.12. The van der Waals surface area contributed by atoms with Crippen molar-refractivity contribution in [3.8, 4) is 61.8 Å². The molecule has 0 N–H and O–H groups in total. The fraction of sp³-hybridized carbons (Fsp3) is 0.157. The highest BCUT2D eigenvalue weighted by atomic mass is 16.5. The maximum atomic E-state index is 6.12. The molecule has 6 aromatic carbocycles. The highest BCUT2D eigenvalue weighted by molar-refractivity contribution is 5.99. The summed E-state index contributed by atoms with van der Waals surface area (Å²) in [5.41, 5.74) is 15.3. The van der Waals surface area contributed by atoms with Crippen LogP contribution in [0.1, 0.15) is 52.7 Å². The molecular weight excluding hydrogens is 685 g/mol. The van der Waals surface area contributed by atoms with Crippen LogP contribution in [0.2, 0.25) is 0 Å². The van der Waals surface area contributed by atoms with Gasteiger partial charge in [-0.3, -0.25) is 9.55 Å². The van der Waals surface area contributed by atoms with Crippen LogP contribution in [0.3, 0.4) is 0 Å². The van der Waals surface area contributed by atoms with E-state index in [9.17, 15) is 0 Å². The van der Waals surface area contributed by atoms with Gasteiger partial charge in [-0.15, -0.1) is 0 Å². The molecule has 5 heteroatoms. The molecule has 9 rings (SSSR count). The van der Waals surface area contributed by atoms with Gasteiger partial charge in [-0.25, -0.2) is 4.98 Å². The van der Waals surface area contributed by atoms with Gasteiger partial charge in [0, 0.05) is 22.9 Å². The average molecular weight is 729 g/mol. The summed E-state index contributed by atoms with van der Waals surface area (Å²) in [5.74, 6) is 0.726. The number of hydrogen-bond acceptors (Lipinski definition) is 4. The molecule has 0 aliphatic rings. The number of fused-ring (bicyclic) bond motifs is 2. The lowest BCUT2D eigenvalue weighted by atomic mass is 9.85. The molecule has 0 saturated heterocycles. The summed E-state index contributed by atoms with van der Waals surface area (Å²) in [7, 11) is 0. The number of pyridine rings is 1. The highest BCUT2D eigenvalue weighted by Crippen LogP contribution is 2.41. The van der Waals surface area contributed by atoms with Gasteiger partial charge in [0.25, 0.3) is 0 Å². The normalized spacial score (nSPS) is 12.1. The lowest BCUT2D eigenvalue weighted by Crippen LogP contribution is -2.12. The van der Waals surface area contributed by atoms with Crippen LogP contribution in [-0.2, 0) is 10.8 Å². The Morgan fingerprint density at radius 2 is 1.18 bits per heavy atom. The van der Waals surface area contributed by atoms with E-state index in [0.717, 1.165) is 78.2 Å². The predicted molar refractivity (Wildman–Crippen MR) is 231 cm³/mol. The second-order valence-corrected chi connectivity index (χ2v) is 16.7. The zero-order valence-electron chi connectivity index (χ0n) is 32.7. The monoisotopic (exact) mass is 728 g/mol. The smallest absolute Gasteiger partial charge is 0.168 e. The second kappa shape index (κ2) is 13.6. The van der Waals surface area contributed by atoms with E-state index in [0.29, 0.717) is 5.69 Å². The summed E-state index contributed by atoms with van der Waals surface area (Å²) < 4.78 is 8.39. The van der Waals surface area contributed by atoms with Crippen molar-refractivity contribution >= 4 is 22.0 Å². The van der Waals surface area contributed by atoms with Crippen molar-refractivity contribution in [3.05, 3.63) is 169 Å². The standard InChI is InChI=1S/C51H44N4O/c1-50(2,3)38-24-26-44(42(31-38)34-17-11-8-12-18-34)55-45-22-14-21-40(47(45)53-49(55)48-41-25-23-39(51(4,5)6)32-46(41)56-54-48)36-19-13-20-37(29-36)43-30-35(27-28-52-43)33-15-9-7-10-16-33/h7-32H,1-6H3. The molecule has 9 aromatic rings. The Hall–Kier alpha value is -6.59. The van der Waals surface area contributed by atoms with Crippen molar-refractivity contribution in [1.29, 1.82) is 0 Å². The SMILES string of the molecule is CC(C)(C)c1ccc(-n2c(-c3noc4cc(C(C)(C)C)ccc34)nc3c(-c4cccc(-c5cc(-c6ccccc6)ccn5)c4)cccc32)c(-c2ccccc2)c1. The number of benzene rings is 6. The van der Waals surface area contributed by atoms with Crippen molar-refractivity contribution in [2.45, 2.75) is 52.4 Å². The minimum atomic E-state index is -0.0391. The van der Waals surface area contributed by atoms with Crippen molar-refractivity contribution in [3.63, 3.8) is 0 Å². The van der Waals surface area contributed by atoms with Gasteiger partial charge in [0.2, 0.25) is 0 Å². The molecule has 0 radical (unpaired) electrons. The molecule has 3 aromatic heterocycles. The summed E-state index contributed by atoms with van der Waals surface area (Å²) in [6.07, 6.45) is 1.89. The maximum Gasteiger partial charge on any atom is 0.168 e. The quantitative estimate of drug-likeness (QED) is 0.171. The molecule has 0 saturated carbocycles. The molecule has 3 heterocycles. The van der Waals surface area contributed by atoms with E-state index in [-0.39, 0.29) is 10.8 Å². The van der Waals surface area contributed by atoms with Gasteiger partial charge in [0.1, 0.15) is 0 Å². The number of aromatic nitrogens is 4. The number of hydrogen-bond donors (Lipinski definition) is 0. The molecule has 0 unspecified atom stereocenters. The fourth-order valence-corrected chi connectivity index (χ4v) is 7.59. The Morgan fingerprint density at radius 3 is 1.93 bits per heavy atom. The van der Waals surface area contributed by atoms with Crippen LogP contribution in [0, 0.1) is 0 Å². The third-order valence-electron chi connectivity index (χ3n) is 10.8. The molecule has 0 fully saturated rings. The van der Waals surface area contributed by atoms with E-state index in [2.05, 4.69) is 192 Å². The van der Waals surface area contributed by atoms with E-state index in [1.807, 2.05) is 12.3 Å². The summed E-state index contributed by atoms with van der Waals surface area (Å²) in [6, 6.07) is 53.6. The molecule has 0 atom stereocenters. The highest BCUT2D eigenvalue weighted by Gasteiger charge is 2.26.